The summed E-state index contributed by atoms with van der Waals surface area (Å²) < 4.78 is 39.3. The number of ether oxygens (including phenoxy) is 2. The number of hydrogen-bond acceptors (Lipinski definition) is 6. The summed E-state index contributed by atoms with van der Waals surface area (Å²) in [5.74, 6) is -0.288. The maximum Gasteiger partial charge on any atom is 0.250 e. The fourth-order valence-electron chi connectivity index (χ4n) is 3.78. The van der Waals surface area contributed by atoms with Crippen LogP contribution in [0.5, 0.6) is 0 Å². The van der Waals surface area contributed by atoms with Crippen LogP contribution in [0, 0.1) is 0 Å². The third-order valence-electron chi connectivity index (χ3n) is 5.33. The van der Waals surface area contributed by atoms with E-state index in [4.69, 9.17) is 21.1 Å². The van der Waals surface area contributed by atoms with E-state index >= 15 is 0 Å². The first-order chi connectivity index (χ1) is 15.7. The molecule has 0 bridgehead atoms. The largest absolute Gasteiger partial charge is 0.377 e. The van der Waals surface area contributed by atoms with Gasteiger partial charge in [-0.15, -0.1) is 0 Å². The number of rotatable bonds is 10. The summed E-state index contributed by atoms with van der Waals surface area (Å²) in [6.07, 6.45) is 1.53. The molecule has 1 aliphatic heterocycles. The number of nitrogens with one attached hydrogen (secondary N) is 1. The molecule has 3 rings (SSSR count). The third-order valence-corrected chi connectivity index (χ3v) is 7.38. The number of hydrogen-bond donors (Lipinski definition) is 1. The Bertz CT molecular complexity index is 1070. The van der Waals surface area contributed by atoms with Gasteiger partial charge in [0.15, 0.2) is 0 Å². The highest BCUT2D eigenvalue weighted by atomic mass is 35.5. The summed E-state index contributed by atoms with van der Waals surface area (Å²) in [6, 6.07) is 11.7. The molecule has 1 atom stereocenters. The Balaban J connectivity index is 1.98. The molecule has 1 amide bonds. The van der Waals surface area contributed by atoms with E-state index in [9.17, 15) is 13.2 Å². The molecule has 2 aromatic carbocycles. The molecule has 2 aromatic rings. The Labute approximate surface area is 200 Å². The highest BCUT2D eigenvalue weighted by Crippen LogP contribution is 2.29. The fourth-order valence-corrected chi connectivity index (χ4v) is 5.54. The van der Waals surface area contributed by atoms with Crippen LogP contribution in [0.4, 0.5) is 11.4 Å². The zero-order chi connectivity index (χ0) is 24.0. The van der Waals surface area contributed by atoms with Crippen LogP contribution in [-0.4, -0.2) is 65.7 Å². The van der Waals surface area contributed by atoms with Gasteiger partial charge in [0.05, 0.1) is 11.0 Å². The minimum absolute atomic E-state index is 0.0704. The summed E-state index contributed by atoms with van der Waals surface area (Å²) >= 11 is 6.08. The van der Waals surface area contributed by atoms with Gasteiger partial charge in [0.2, 0.25) is 15.9 Å². The summed E-state index contributed by atoms with van der Waals surface area (Å²) in [4.78, 5) is 14.0. The van der Waals surface area contributed by atoms with Crippen LogP contribution in [0.3, 0.4) is 0 Å². The van der Waals surface area contributed by atoms with E-state index < -0.39 is 10.0 Å². The number of halogens is 1. The van der Waals surface area contributed by atoms with Crippen LogP contribution in [0.2, 0.25) is 5.02 Å². The van der Waals surface area contributed by atoms with Gasteiger partial charge >= 0.3 is 0 Å². The number of anilines is 2. The van der Waals surface area contributed by atoms with Crippen molar-refractivity contribution < 1.29 is 22.7 Å². The lowest BCUT2D eigenvalue weighted by Gasteiger charge is -2.27. The zero-order valence-electron chi connectivity index (χ0n) is 19.1. The van der Waals surface area contributed by atoms with Crippen molar-refractivity contribution in [3.8, 4) is 0 Å². The van der Waals surface area contributed by atoms with Crippen LogP contribution < -0.4 is 10.2 Å². The maximum atomic E-state index is 13.6. The topological polar surface area (TPSA) is 88.2 Å². The van der Waals surface area contributed by atoms with E-state index in [0.717, 1.165) is 24.1 Å². The number of amides is 1. The van der Waals surface area contributed by atoms with Gasteiger partial charge < -0.3 is 19.7 Å². The second kappa shape index (κ2) is 11.3. The van der Waals surface area contributed by atoms with Gasteiger partial charge in [-0.3, -0.25) is 4.79 Å². The first kappa shape index (κ1) is 25.5. The summed E-state index contributed by atoms with van der Waals surface area (Å²) in [5, 5.41) is 3.13. The third kappa shape index (κ3) is 6.68. The van der Waals surface area contributed by atoms with Gasteiger partial charge in [-0.2, -0.15) is 4.31 Å². The van der Waals surface area contributed by atoms with Gasteiger partial charge in [-0.05, 0) is 54.8 Å². The molecule has 0 saturated carbocycles. The quantitative estimate of drug-likeness (QED) is 0.543. The van der Waals surface area contributed by atoms with E-state index in [0.29, 0.717) is 17.3 Å². The minimum Gasteiger partial charge on any atom is -0.377 e. The molecule has 8 nitrogen and oxygen atoms in total. The van der Waals surface area contributed by atoms with E-state index in [2.05, 4.69) is 5.32 Å². The van der Waals surface area contributed by atoms with E-state index in [-0.39, 0.29) is 36.6 Å². The lowest BCUT2D eigenvalue weighted by Crippen LogP contribution is -2.37. The van der Waals surface area contributed by atoms with E-state index in [1.54, 1.807) is 24.3 Å². The van der Waals surface area contributed by atoms with Gasteiger partial charge in [0, 0.05) is 57.3 Å². The lowest BCUT2D eigenvalue weighted by molar-refractivity contribution is -0.119. The van der Waals surface area contributed by atoms with Crippen molar-refractivity contribution in [3.05, 3.63) is 53.1 Å². The normalized spacial score (nSPS) is 16.2. The van der Waals surface area contributed by atoms with Crippen molar-refractivity contribution in [2.75, 3.05) is 51.2 Å². The highest BCUT2D eigenvalue weighted by molar-refractivity contribution is 7.89. The summed E-state index contributed by atoms with van der Waals surface area (Å²) in [7, 11) is 1.37. The van der Waals surface area contributed by atoms with Gasteiger partial charge in [-0.25, -0.2) is 8.42 Å². The molecule has 10 heteroatoms. The van der Waals surface area contributed by atoms with Gasteiger partial charge in [0.25, 0.3) is 0 Å². The Morgan fingerprint density at radius 3 is 2.67 bits per heavy atom. The van der Waals surface area contributed by atoms with Crippen molar-refractivity contribution in [2.45, 2.75) is 30.4 Å². The average Bonchev–Trinajstić information content (AvgIpc) is 3.26. The molecular weight excluding hydrogens is 466 g/mol. The molecule has 0 spiro atoms. The molecule has 0 aromatic heterocycles. The summed E-state index contributed by atoms with van der Waals surface area (Å²) in [6.45, 7) is 0.886. The van der Waals surface area contributed by atoms with Crippen LogP contribution in [-0.2, 0) is 30.8 Å². The molecule has 0 aliphatic carbocycles. The number of benzene rings is 2. The zero-order valence-corrected chi connectivity index (χ0v) is 20.7. The fraction of sp³-hybridized carbons (Fsp3) is 0.435. The highest BCUT2D eigenvalue weighted by Gasteiger charge is 2.30. The Morgan fingerprint density at radius 1 is 1.24 bits per heavy atom. The average molecular weight is 496 g/mol. The van der Waals surface area contributed by atoms with Crippen molar-refractivity contribution in [3.63, 3.8) is 0 Å². The van der Waals surface area contributed by atoms with Crippen LogP contribution >= 0.6 is 11.6 Å². The maximum absolute atomic E-state index is 13.6. The van der Waals surface area contributed by atoms with Crippen molar-refractivity contribution >= 4 is 38.9 Å². The first-order valence-electron chi connectivity index (χ1n) is 10.7. The van der Waals surface area contributed by atoms with Crippen LogP contribution in [0.1, 0.15) is 18.4 Å². The molecule has 33 heavy (non-hydrogen) atoms. The predicted molar refractivity (Wildman–Crippen MR) is 129 cm³/mol. The number of carbonyl (C=O) groups is 1. The van der Waals surface area contributed by atoms with Crippen LogP contribution in [0.15, 0.2) is 47.4 Å². The smallest absolute Gasteiger partial charge is 0.250 e. The molecule has 1 N–H and O–H groups in total. The molecule has 1 heterocycles. The van der Waals surface area contributed by atoms with Crippen molar-refractivity contribution in [1.82, 2.24) is 4.31 Å². The number of methoxy groups -OCH3 is 1. The van der Waals surface area contributed by atoms with Gasteiger partial charge in [-0.1, -0.05) is 17.7 Å². The molecule has 1 aliphatic rings. The predicted octanol–water partition coefficient (Wildman–Crippen LogP) is 3.36. The molecule has 180 valence electrons. The SMILES string of the molecule is COCC(=O)Nc1ccc(N(C)C)c(CN(C[C@@H]2CCCO2)S(=O)(=O)c2cccc(Cl)c2)c1. The Kier molecular flexibility index (Phi) is 8.72. The molecule has 1 fully saturated rings. The lowest BCUT2D eigenvalue weighted by atomic mass is 10.1. The van der Waals surface area contributed by atoms with Crippen molar-refractivity contribution in [1.29, 1.82) is 0 Å². The first-order valence-corrected chi connectivity index (χ1v) is 12.5. The molecule has 1 saturated heterocycles. The summed E-state index contributed by atoms with van der Waals surface area (Å²) in [5.41, 5.74) is 2.16. The Morgan fingerprint density at radius 2 is 2.03 bits per heavy atom. The number of sulfonamides is 1. The Hall–Kier alpha value is -2.17. The van der Waals surface area contributed by atoms with Crippen LogP contribution in [0.25, 0.3) is 0 Å². The van der Waals surface area contributed by atoms with Gasteiger partial charge in [0.1, 0.15) is 6.61 Å². The second-order valence-corrected chi connectivity index (χ2v) is 10.5. The second-order valence-electron chi connectivity index (χ2n) is 8.11. The standard InChI is InChI=1S/C23H30ClN3O5S/c1-26(2)22-10-9-19(25-23(28)16-31-3)12-17(22)14-27(15-20-7-5-11-32-20)33(29,30)21-8-4-6-18(24)13-21/h4,6,8-10,12-13,20H,5,7,11,14-16H2,1-3H3,(H,25,28)/t20-/m0/s1. The van der Waals surface area contributed by atoms with E-state index in [1.807, 2.05) is 25.1 Å². The van der Waals surface area contributed by atoms with E-state index in [1.165, 1.54) is 23.5 Å². The van der Waals surface area contributed by atoms with Crippen molar-refractivity contribution in [2.24, 2.45) is 0 Å². The number of carbonyl (C=O) groups excluding carboxylic acids is 1. The molecule has 0 unspecified atom stereocenters. The monoisotopic (exact) mass is 495 g/mol. The number of nitrogens with zero attached hydrogens (tertiary/aromatic N) is 2. The molecular formula is C23H30ClN3O5S. The minimum atomic E-state index is -3.85. The molecule has 0 radical (unpaired) electrons.